The summed E-state index contributed by atoms with van der Waals surface area (Å²) in [4.78, 5) is 35.5. The Balaban J connectivity index is 1.73. The van der Waals surface area contributed by atoms with E-state index in [9.17, 15) is 14.7 Å². The predicted octanol–water partition coefficient (Wildman–Crippen LogP) is 4.85. The molecule has 5 rings (SSSR count). The molecule has 1 atom stereocenters. The number of carbonyl (C=O) groups excluding carboxylic acids is 2. The molecule has 34 heavy (non-hydrogen) atoms. The van der Waals surface area contributed by atoms with Gasteiger partial charge in [0.1, 0.15) is 11.5 Å². The van der Waals surface area contributed by atoms with Crippen LogP contribution >= 0.6 is 11.6 Å². The van der Waals surface area contributed by atoms with Crippen molar-refractivity contribution in [3.05, 3.63) is 100 Å². The summed E-state index contributed by atoms with van der Waals surface area (Å²) in [6.45, 7) is 0.0954. The summed E-state index contributed by atoms with van der Waals surface area (Å²) in [5, 5.41) is 12.4. The minimum absolute atomic E-state index is 0.0409. The average Bonchev–Trinajstić information content (AvgIpc) is 3.39. The van der Waals surface area contributed by atoms with Crippen molar-refractivity contribution < 1.29 is 19.4 Å². The minimum Gasteiger partial charge on any atom is -0.507 e. The molecule has 0 aliphatic carbocycles. The second kappa shape index (κ2) is 8.68. The number of nitrogens with zero attached hydrogens (tertiary/aromatic N) is 2. The first kappa shape index (κ1) is 21.7. The van der Waals surface area contributed by atoms with Crippen molar-refractivity contribution in [3.8, 4) is 5.75 Å². The third-order valence-electron chi connectivity index (χ3n) is 5.94. The van der Waals surface area contributed by atoms with Gasteiger partial charge in [0.05, 0.1) is 36.0 Å². The molecule has 0 radical (unpaired) electrons. The number of likely N-dealkylation sites (tertiary alicyclic amines) is 1. The Morgan fingerprint density at radius 2 is 1.94 bits per heavy atom. The van der Waals surface area contributed by atoms with Gasteiger partial charge in [0.15, 0.2) is 0 Å². The Morgan fingerprint density at radius 3 is 2.71 bits per heavy atom. The minimum atomic E-state index is -0.847. The molecule has 2 aromatic carbocycles. The highest BCUT2D eigenvalue weighted by atomic mass is 35.5. The van der Waals surface area contributed by atoms with Crippen LogP contribution in [0.15, 0.2) is 78.6 Å². The van der Waals surface area contributed by atoms with Crippen LogP contribution in [0.3, 0.4) is 0 Å². The van der Waals surface area contributed by atoms with Crippen LogP contribution in [0.4, 0.5) is 0 Å². The Morgan fingerprint density at radius 1 is 1.15 bits per heavy atom. The van der Waals surface area contributed by atoms with Gasteiger partial charge in [-0.25, -0.2) is 0 Å². The topological polar surface area (TPSA) is 95.5 Å². The lowest BCUT2D eigenvalue weighted by Gasteiger charge is -2.24. The maximum Gasteiger partial charge on any atom is 0.296 e. The van der Waals surface area contributed by atoms with Crippen molar-refractivity contribution in [2.24, 2.45) is 0 Å². The van der Waals surface area contributed by atoms with Crippen molar-refractivity contribution in [2.45, 2.75) is 12.6 Å². The fraction of sp³-hybridized carbons (Fsp3) is 0.115. The zero-order chi connectivity index (χ0) is 23.8. The van der Waals surface area contributed by atoms with E-state index < -0.39 is 17.7 Å². The number of H-pyrrole nitrogens is 1. The highest BCUT2D eigenvalue weighted by Gasteiger charge is 2.47. The van der Waals surface area contributed by atoms with Gasteiger partial charge in [0.2, 0.25) is 0 Å². The molecule has 0 spiro atoms. The molecule has 0 saturated carbocycles. The number of methoxy groups -OCH3 is 1. The molecule has 8 heteroatoms. The number of pyridine rings is 1. The van der Waals surface area contributed by atoms with Gasteiger partial charge in [-0.15, -0.1) is 0 Å². The van der Waals surface area contributed by atoms with Crippen molar-refractivity contribution in [2.75, 3.05) is 7.11 Å². The summed E-state index contributed by atoms with van der Waals surface area (Å²) < 4.78 is 5.26. The van der Waals surface area contributed by atoms with Crippen molar-refractivity contribution in [1.29, 1.82) is 0 Å². The van der Waals surface area contributed by atoms with E-state index in [0.717, 1.165) is 10.9 Å². The molecule has 2 aromatic heterocycles. The number of halogens is 1. The molecule has 1 fully saturated rings. The number of rotatable bonds is 5. The third-order valence-corrected chi connectivity index (χ3v) is 6.27. The van der Waals surface area contributed by atoms with Gasteiger partial charge in [-0.3, -0.25) is 14.6 Å². The molecule has 1 aliphatic rings. The number of aliphatic hydroxyl groups is 1. The second-order valence-corrected chi connectivity index (χ2v) is 8.29. The summed E-state index contributed by atoms with van der Waals surface area (Å²) in [6.07, 6.45) is 3.38. The van der Waals surface area contributed by atoms with Gasteiger partial charge in [-0.1, -0.05) is 35.9 Å². The number of ether oxygens (including phenoxy) is 1. The zero-order valence-corrected chi connectivity index (χ0v) is 18.9. The number of aliphatic hydroxyl groups excluding tert-OH is 1. The lowest BCUT2D eigenvalue weighted by Crippen LogP contribution is -2.29. The number of hydrogen-bond donors (Lipinski definition) is 2. The van der Waals surface area contributed by atoms with E-state index in [1.807, 2.05) is 30.3 Å². The van der Waals surface area contributed by atoms with Gasteiger partial charge in [0.25, 0.3) is 11.7 Å². The van der Waals surface area contributed by atoms with Crippen LogP contribution in [0.5, 0.6) is 5.75 Å². The van der Waals surface area contributed by atoms with E-state index in [2.05, 4.69) is 9.97 Å². The van der Waals surface area contributed by atoms with E-state index in [-0.39, 0.29) is 28.5 Å². The second-order valence-electron chi connectivity index (χ2n) is 7.88. The first-order valence-corrected chi connectivity index (χ1v) is 11.0. The molecule has 1 unspecified atom stereocenters. The van der Waals surface area contributed by atoms with E-state index in [1.54, 1.807) is 36.7 Å². The van der Waals surface area contributed by atoms with Crippen molar-refractivity contribution in [1.82, 2.24) is 14.9 Å². The smallest absolute Gasteiger partial charge is 0.296 e. The largest absolute Gasteiger partial charge is 0.507 e. The van der Waals surface area contributed by atoms with Crippen LogP contribution < -0.4 is 4.74 Å². The monoisotopic (exact) mass is 473 g/mol. The van der Waals surface area contributed by atoms with E-state index in [1.165, 1.54) is 18.1 Å². The first-order chi connectivity index (χ1) is 16.5. The summed E-state index contributed by atoms with van der Waals surface area (Å²) in [6, 6.07) is 16.9. The number of hydrogen-bond acceptors (Lipinski definition) is 5. The van der Waals surface area contributed by atoms with E-state index in [0.29, 0.717) is 17.0 Å². The van der Waals surface area contributed by atoms with Crippen LogP contribution in [0.25, 0.3) is 16.7 Å². The number of aromatic amines is 1. The molecule has 1 aliphatic heterocycles. The van der Waals surface area contributed by atoms with Gasteiger partial charge < -0.3 is 19.7 Å². The SMILES string of the molecule is COc1ccc(Cl)c(/C(O)=C2\C(=O)C(=O)N(Cc3ccccn3)C2c2c[nH]c3ccccc23)c1. The molecule has 3 heterocycles. The normalized spacial score (nSPS) is 17.5. The molecule has 1 saturated heterocycles. The standard InChI is InChI=1S/C26H20ClN3O4/c1-34-16-9-10-20(27)18(12-16)24(31)22-23(19-13-29-21-8-3-2-7-17(19)21)30(26(33)25(22)32)14-15-6-4-5-11-28-15/h2-13,23,29,31H,14H2,1H3/b24-22+. The number of carbonyl (C=O) groups is 2. The number of amides is 1. The fourth-order valence-electron chi connectivity index (χ4n) is 4.31. The van der Waals surface area contributed by atoms with E-state index >= 15 is 0 Å². The molecular formula is C26H20ClN3O4. The molecule has 7 nitrogen and oxygen atoms in total. The van der Waals surface area contributed by atoms with Crippen LogP contribution in [-0.2, 0) is 16.1 Å². The lowest BCUT2D eigenvalue weighted by atomic mass is 9.94. The number of Topliss-reactive ketones (excluding diaryl/α,β-unsaturated/α-hetero) is 1. The summed E-state index contributed by atoms with van der Waals surface area (Å²) in [5.41, 5.74) is 2.32. The predicted molar refractivity (Wildman–Crippen MR) is 128 cm³/mol. The van der Waals surface area contributed by atoms with Crippen LogP contribution in [0.2, 0.25) is 5.02 Å². The number of aromatic nitrogens is 2. The van der Waals surface area contributed by atoms with Crippen LogP contribution in [-0.4, -0.2) is 38.8 Å². The van der Waals surface area contributed by atoms with Crippen LogP contribution in [0, 0.1) is 0 Å². The number of nitrogens with one attached hydrogen (secondary N) is 1. The Bertz CT molecular complexity index is 1440. The number of fused-ring (bicyclic) bond motifs is 1. The Kier molecular flexibility index (Phi) is 5.55. The Labute approximate surface area is 200 Å². The summed E-state index contributed by atoms with van der Waals surface area (Å²) in [7, 11) is 1.49. The van der Waals surface area contributed by atoms with Crippen LogP contribution in [0.1, 0.15) is 22.9 Å². The van der Waals surface area contributed by atoms with E-state index in [4.69, 9.17) is 16.3 Å². The zero-order valence-electron chi connectivity index (χ0n) is 18.2. The molecular weight excluding hydrogens is 454 g/mol. The van der Waals surface area contributed by atoms with Gasteiger partial charge >= 0.3 is 0 Å². The molecule has 2 N–H and O–H groups in total. The highest BCUT2D eigenvalue weighted by Crippen LogP contribution is 2.43. The number of para-hydroxylation sites is 1. The fourth-order valence-corrected chi connectivity index (χ4v) is 4.52. The highest BCUT2D eigenvalue weighted by molar-refractivity contribution is 6.47. The number of benzene rings is 2. The average molecular weight is 474 g/mol. The molecule has 4 aromatic rings. The maximum absolute atomic E-state index is 13.3. The van der Waals surface area contributed by atoms with Gasteiger partial charge in [-0.2, -0.15) is 0 Å². The Hall–Kier alpha value is -4.10. The quantitative estimate of drug-likeness (QED) is 0.245. The van der Waals surface area contributed by atoms with Crippen molar-refractivity contribution in [3.63, 3.8) is 0 Å². The first-order valence-electron chi connectivity index (χ1n) is 10.6. The summed E-state index contributed by atoms with van der Waals surface area (Å²) in [5.74, 6) is -1.41. The number of ketones is 1. The van der Waals surface area contributed by atoms with Gasteiger partial charge in [-0.05, 0) is 36.4 Å². The maximum atomic E-state index is 13.3. The molecule has 170 valence electrons. The molecule has 1 amide bonds. The lowest BCUT2D eigenvalue weighted by molar-refractivity contribution is -0.140. The molecule has 0 bridgehead atoms. The van der Waals surface area contributed by atoms with Gasteiger partial charge in [0, 0.05) is 34.4 Å². The van der Waals surface area contributed by atoms with Crippen molar-refractivity contribution >= 4 is 40.0 Å². The third kappa shape index (κ3) is 3.60. The summed E-state index contributed by atoms with van der Waals surface area (Å²) >= 11 is 6.37.